The molecule has 164 valence electrons. The fraction of sp³-hybridized carbons (Fsp3) is 0.455. The van der Waals surface area contributed by atoms with Gasteiger partial charge in [0.1, 0.15) is 23.8 Å². The number of aryl methyl sites for hydroxylation is 3. The predicted octanol–water partition coefficient (Wildman–Crippen LogP) is 4.41. The van der Waals surface area contributed by atoms with E-state index in [0.29, 0.717) is 30.3 Å². The van der Waals surface area contributed by atoms with E-state index in [0.717, 1.165) is 29.1 Å². The highest BCUT2D eigenvalue weighted by molar-refractivity contribution is 7.98. The third-order valence-electron chi connectivity index (χ3n) is 4.54. The largest absolute Gasteiger partial charge is 0.494 e. The second kappa shape index (κ2) is 11.1. The Balaban J connectivity index is 2.51. The molecule has 7 nitrogen and oxygen atoms in total. The van der Waals surface area contributed by atoms with Gasteiger partial charge >= 0.3 is 5.97 Å². The molecule has 1 aromatic heterocycles. The van der Waals surface area contributed by atoms with Crippen LogP contribution < -0.4 is 14.4 Å². The summed E-state index contributed by atoms with van der Waals surface area (Å²) < 4.78 is 11.6. The van der Waals surface area contributed by atoms with Crippen LogP contribution in [0.15, 0.2) is 18.2 Å². The van der Waals surface area contributed by atoms with Gasteiger partial charge < -0.3 is 24.6 Å². The predicted molar refractivity (Wildman–Crippen MR) is 121 cm³/mol. The topological polar surface area (TPSA) is 92.1 Å². The van der Waals surface area contributed by atoms with E-state index in [1.807, 2.05) is 39.2 Å². The van der Waals surface area contributed by atoms with E-state index >= 15 is 0 Å². The lowest BCUT2D eigenvalue weighted by atomic mass is 10.1. The van der Waals surface area contributed by atoms with E-state index in [2.05, 4.69) is 4.98 Å². The van der Waals surface area contributed by atoms with Crippen LogP contribution in [0.25, 0.3) is 0 Å². The third kappa shape index (κ3) is 5.79. The number of pyridine rings is 1. The standard InChI is InChI=1S/C22H30N2O5S/c1-6-28-17-10-14(2)20(15(3)11-17)29-21-19(22(26)27)18(12-16(4)23-21)24(13-25)8-7-9-30-5/h10-12,25H,6-9,13H2,1-5H3,(H,26,27). The number of aromatic carboxylic acids is 1. The van der Waals surface area contributed by atoms with Gasteiger partial charge in [-0.25, -0.2) is 9.78 Å². The van der Waals surface area contributed by atoms with Crippen molar-refractivity contribution in [2.45, 2.75) is 34.1 Å². The molecule has 2 N–H and O–H groups in total. The summed E-state index contributed by atoms with van der Waals surface area (Å²) in [6.07, 6.45) is 2.82. The first-order valence-electron chi connectivity index (χ1n) is 9.83. The number of aliphatic hydroxyl groups excluding tert-OH is 1. The molecule has 0 amide bonds. The molecule has 0 spiro atoms. The molecule has 0 radical (unpaired) electrons. The fourth-order valence-electron chi connectivity index (χ4n) is 3.24. The van der Waals surface area contributed by atoms with E-state index in [1.165, 1.54) is 0 Å². The van der Waals surface area contributed by atoms with E-state index in [-0.39, 0.29) is 18.2 Å². The van der Waals surface area contributed by atoms with Crippen LogP contribution in [0.2, 0.25) is 0 Å². The van der Waals surface area contributed by atoms with Crippen molar-refractivity contribution in [3.63, 3.8) is 0 Å². The van der Waals surface area contributed by atoms with Gasteiger partial charge in [0.15, 0.2) is 0 Å². The van der Waals surface area contributed by atoms with Gasteiger partial charge in [0, 0.05) is 12.2 Å². The molecule has 0 atom stereocenters. The van der Waals surface area contributed by atoms with Gasteiger partial charge in [0.2, 0.25) is 5.88 Å². The lowest BCUT2D eigenvalue weighted by molar-refractivity contribution is 0.0693. The van der Waals surface area contributed by atoms with Crippen molar-refractivity contribution in [1.82, 2.24) is 4.98 Å². The summed E-state index contributed by atoms with van der Waals surface area (Å²) in [6.45, 7) is 8.24. The van der Waals surface area contributed by atoms with Crippen molar-refractivity contribution < 1.29 is 24.5 Å². The first-order chi connectivity index (χ1) is 14.3. The number of anilines is 1. The number of ether oxygens (including phenoxy) is 2. The van der Waals surface area contributed by atoms with Gasteiger partial charge in [-0.2, -0.15) is 11.8 Å². The van der Waals surface area contributed by atoms with E-state index in [9.17, 15) is 15.0 Å². The zero-order valence-electron chi connectivity index (χ0n) is 18.2. The van der Waals surface area contributed by atoms with E-state index < -0.39 is 5.97 Å². The van der Waals surface area contributed by atoms with Crippen LogP contribution in [-0.2, 0) is 0 Å². The number of hydrogen-bond acceptors (Lipinski definition) is 7. The second-order valence-corrected chi connectivity index (χ2v) is 7.93. The molecule has 0 unspecified atom stereocenters. The lowest BCUT2D eigenvalue weighted by Gasteiger charge is -2.25. The highest BCUT2D eigenvalue weighted by Crippen LogP contribution is 2.36. The number of benzene rings is 1. The average Bonchev–Trinajstić information content (AvgIpc) is 2.67. The number of nitrogens with zero attached hydrogens (tertiary/aromatic N) is 2. The molecule has 0 saturated heterocycles. The highest BCUT2D eigenvalue weighted by atomic mass is 32.2. The molecule has 0 saturated carbocycles. The summed E-state index contributed by atoms with van der Waals surface area (Å²) in [5, 5.41) is 19.8. The van der Waals surface area contributed by atoms with Gasteiger partial charge in [-0.1, -0.05) is 0 Å². The number of aromatic nitrogens is 1. The smallest absolute Gasteiger partial charge is 0.343 e. The van der Waals surface area contributed by atoms with Gasteiger partial charge in [-0.15, -0.1) is 0 Å². The lowest BCUT2D eigenvalue weighted by Crippen LogP contribution is -2.28. The second-order valence-electron chi connectivity index (χ2n) is 6.94. The summed E-state index contributed by atoms with van der Waals surface area (Å²) in [7, 11) is 0. The normalized spacial score (nSPS) is 10.7. The Morgan fingerprint density at radius 2 is 1.87 bits per heavy atom. The summed E-state index contributed by atoms with van der Waals surface area (Å²) >= 11 is 1.70. The Morgan fingerprint density at radius 1 is 1.20 bits per heavy atom. The minimum atomic E-state index is -1.16. The monoisotopic (exact) mass is 434 g/mol. The van der Waals surface area contributed by atoms with Gasteiger partial charge in [0.25, 0.3) is 0 Å². The number of carbonyl (C=O) groups is 1. The first-order valence-corrected chi connectivity index (χ1v) is 11.2. The SMILES string of the molecule is CCOc1cc(C)c(Oc2nc(C)cc(N(CO)CCCSC)c2C(=O)O)c(C)c1. The first kappa shape index (κ1) is 23.8. The van der Waals surface area contributed by atoms with Crippen molar-refractivity contribution in [2.75, 3.05) is 36.8 Å². The molecule has 8 heteroatoms. The minimum absolute atomic E-state index is 0.0103. The maximum absolute atomic E-state index is 12.2. The maximum Gasteiger partial charge on any atom is 0.343 e. The summed E-state index contributed by atoms with van der Waals surface area (Å²) in [4.78, 5) is 18.1. The molecular weight excluding hydrogens is 404 g/mol. The van der Waals surface area contributed by atoms with Crippen molar-refractivity contribution in [3.8, 4) is 17.4 Å². The van der Waals surface area contributed by atoms with Crippen molar-refractivity contribution >= 4 is 23.4 Å². The molecule has 0 aliphatic carbocycles. The number of hydrogen-bond donors (Lipinski definition) is 2. The highest BCUT2D eigenvalue weighted by Gasteiger charge is 2.24. The van der Waals surface area contributed by atoms with Crippen LogP contribution >= 0.6 is 11.8 Å². The molecule has 0 bridgehead atoms. The van der Waals surface area contributed by atoms with Crippen LogP contribution in [0.5, 0.6) is 17.4 Å². The van der Waals surface area contributed by atoms with Gasteiger partial charge in [-0.05, 0) is 75.5 Å². The summed E-state index contributed by atoms with van der Waals surface area (Å²) in [6, 6.07) is 5.38. The maximum atomic E-state index is 12.2. The van der Waals surface area contributed by atoms with E-state index in [4.69, 9.17) is 9.47 Å². The molecule has 30 heavy (non-hydrogen) atoms. The molecule has 0 fully saturated rings. The Bertz CT molecular complexity index is 865. The zero-order chi connectivity index (χ0) is 22.3. The van der Waals surface area contributed by atoms with Crippen LogP contribution in [0, 0.1) is 20.8 Å². The molecule has 0 aliphatic rings. The zero-order valence-corrected chi connectivity index (χ0v) is 19.0. The third-order valence-corrected chi connectivity index (χ3v) is 5.24. The number of carboxylic acids is 1. The van der Waals surface area contributed by atoms with Gasteiger partial charge in [-0.3, -0.25) is 0 Å². The summed E-state index contributed by atoms with van der Waals surface area (Å²) in [5.74, 6) is 1.05. The Kier molecular flexibility index (Phi) is 8.80. The Labute approximate surface area is 182 Å². The minimum Gasteiger partial charge on any atom is -0.494 e. The molecule has 0 aliphatic heterocycles. The molecule has 1 aromatic carbocycles. The Hall–Kier alpha value is -2.45. The molecule has 1 heterocycles. The van der Waals surface area contributed by atoms with E-state index in [1.54, 1.807) is 29.7 Å². The molecule has 2 aromatic rings. The van der Waals surface area contributed by atoms with Crippen LogP contribution in [0.3, 0.4) is 0 Å². The fourth-order valence-corrected chi connectivity index (χ4v) is 3.66. The van der Waals surface area contributed by atoms with Gasteiger partial charge in [0.05, 0.1) is 12.3 Å². The number of carboxylic acid groups (broad SMARTS) is 1. The van der Waals surface area contributed by atoms with Crippen LogP contribution in [0.1, 0.15) is 40.5 Å². The van der Waals surface area contributed by atoms with Crippen LogP contribution in [-0.4, -0.2) is 53.1 Å². The molecular formula is C22H30N2O5S. The quantitative estimate of drug-likeness (QED) is 0.397. The summed E-state index contributed by atoms with van der Waals surface area (Å²) in [5.41, 5.74) is 2.58. The van der Waals surface area contributed by atoms with Crippen molar-refractivity contribution in [3.05, 3.63) is 40.6 Å². The molecule has 2 rings (SSSR count). The Morgan fingerprint density at radius 3 is 2.40 bits per heavy atom. The van der Waals surface area contributed by atoms with Crippen LogP contribution in [0.4, 0.5) is 5.69 Å². The number of rotatable bonds is 11. The number of aliphatic hydroxyl groups is 1. The van der Waals surface area contributed by atoms with Crippen molar-refractivity contribution in [2.24, 2.45) is 0 Å². The van der Waals surface area contributed by atoms with Crippen molar-refractivity contribution in [1.29, 1.82) is 0 Å². The number of thioether (sulfide) groups is 1. The average molecular weight is 435 g/mol.